The van der Waals surface area contributed by atoms with Gasteiger partial charge in [0.25, 0.3) is 0 Å². The van der Waals surface area contributed by atoms with Crippen molar-refractivity contribution in [1.29, 1.82) is 0 Å². The minimum atomic E-state index is -0.0114. The average Bonchev–Trinajstić information content (AvgIpc) is 4.11. The van der Waals surface area contributed by atoms with E-state index in [2.05, 4.69) is 231 Å². The summed E-state index contributed by atoms with van der Waals surface area (Å²) in [4.78, 5) is 2.46. The fourth-order valence-electron chi connectivity index (χ4n) is 10.9. The van der Waals surface area contributed by atoms with Crippen molar-refractivity contribution in [2.45, 2.75) is 66.2 Å². The van der Waals surface area contributed by atoms with Crippen LogP contribution in [0.15, 0.2) is 206 Å². The van der Waals surface area contributed by atoms with Crippen LogP contribution in [-0.2, 0) is 11.8 Å². The molecule has 9 aromatic carbocycles. The highest BCUT2D eigenvalue weighted by molar-refractivity contribution is 6.25. The van der Waals surface area contributed by atoms with Crippen LogP contribution in [0.5, 0.6) is 0 Å². The minimum absolute atomic E-state index is 0.0114. The van der Waals surface area contributed by atoms with Crippen LogP contribution in [0.1, 0.15) is 76.6 Å². The summed E-state index contributed by atoms with van der Waals surface area (Å²) < 4.78 is 2.51. The number of para-hydroxylation sites is 3. The molecule has 0 spiro atoms. The zero-order chi connectivity index (χ0) is 46.5. The van der Waals surface area contributed by atoms with Gasteiger partial charge < -0.3 is 9.30 Å². The average molecular weight is 879 g/mol. The first-order chi connectivity index (χ1) is 33.3. The number of allylic oxidation sites excluding steroid dienone is 2. The van der Waals surface area contributed by atoms with Gasteiger partial charge in [0.1, 0.15) is 0 Å². The van der Waals surface area contributed by atoms with Gasteiger partial charge in [-0.1, -0.05) is 198 Å². The number of anilines is 3. The van der Waals surface area contributed by atoms with E-state index in [0.29, 0.717) is 0 Å². The predicted octanol–water partition coefficient (Wildman–Crippen LogP) is 18.9. The number of hydrogen-bond donors (Lipinski definition) is 0. The van der Waals surface area contributed by atoms with E-state index in [-0.39, 0.29) is 5.41 Å². The van der Waals surface area contributed by atoms with Crippen LogP contribution in [0.2, 0.25) is 0 Å². The fourth-order valence-corrected chi connectivity index (χ4v) is 10.9. The normalized spacial score (nSPS) is 13.0. The lowest BCUT2D eigenvalue weighted by molar-refractivity contribution is 0.660. The second-order valence-corrected chi connectivity index (χ2v) is 19.0. The Kier molecular flexibility index (Phi) is 11.1. The molecular formula is C66H58N2. The Bertz CT molecular complexity index is 3650. The molecule has 2 aliphatic carbocycles. The van der Waals surface area contributed by atoms with Crippen molar-refractivity contribution in [3.8, 4) is 44.5 Å². The summed E-state index contributed by atoms with van der Waals surface area (Å²) in [6.45, 7) is 13.1. The van der Waals surface area contributed by atoms with E-state index in [1.165, 1.54) is 118 Å². The van der Waals surface area contributed by atoms with E-state index in [1.807, 2.05) is 26.0 Å². The number of nitrogens with zero attached hydrogens (tertiary/aromatic N) is 2. The van der Waals surface area contributed by atoms with Crippen LogP contribution < -0.4 is 4.90 Å². The molecule has 2 heteroatoms. The Balaban J connectivity index is 0.000000591. The van der Waals surface area contributed by atoms with E-state index in [4.69, 9.17) is 0 Å². The van der Waals surface area contributed by atoms with Gasteiger partial charge in [0.05, 0.1) is 22.2 Å². The van der Waals surface area contributed by atoms with Gasteiger partial charge in [-0.25, -0.2) is 0 Å². The van der Waals surface area contributed by atoms with E-state index < -0.39 is 0 Å². The largest absolute Gasteiger partial charge is 0.308 e. The Morgan fingerprint density at radius 2 is 0.941 bits per heavy atom. The molecule has 0 unspecified atom stereocenters. The molecule has 2 aromatic heterocycles. The van der Waals surface area contributed by atoms with Crippen molar-refractivity contribution in [3.05, 3.63) is 229 Å². The Morgan fingerprint density at radius 3 is 1.62 bits per heavy atom. The number of fused-ring (bicyclic) bond motifs is 12. The van der Waals surface area contributed by atoms with Crippen molar-refractivity contribution >= 4 is 55.2 Å². The minimum Gasteiger partial charge on any atom is -0.308 e. The predicted molar refractivity (Wildman–Crippen MR) is 294 cm³/mol. The second-order valence-electron chi connectivity index (χ2n) is 19.0. The SMILES string of the molecule is C/C=C\C.CC1(C)c2ccccc2-c2cc(-c3ccc(N(c4ccc(-c5ccc6c(c5)-c5ccccc5C6)cc4)c4cccc5c6cccc7c8ccccc8n(c45)c76)cc3)ccc21.CCCC. The molecule has 2 heterocycles. The van der Waals surface area contributed by atoms with Crippen molar-refractivity contribution in [2.24, 2.45) is 0 Å². The van der Waals surface area contributed by atoms with Gasteiger partial charge in [-0.05, 0) is 136 Å². The van der Waals surface area contributed by atoms with Crippen LogP contribution in [0.25, 0.3) is 82.6 Å². The molecular weight excluding hydrogens is 821 g/mol. The lowest BCUT2D eigenvalue weighted by Crippen LogP contribution is -2.14. The summed E-state index contributed by atoms with van der Waals surface area (Å²) in [5, 5.41) is 5.12. The standard InChI is InChI=1S/C58H40N2.C4H10.C4H8/c1-58(2)52-18-7-5-13-45(52)51-35-39(27-32-53(51)58)37-25-30-43(31-26-37)59(42-28-23-36(24-29-42)38-21-22-41-33-40-11-3-4-12-44(40)50(41)34-38)55-20-10-17-49-48-16-9-15-47-46-14-6-8-19-54(46)60(56(47)48)57(49)55;2*1-3-4-2/h3-32,34-35H,33H2,1-2H3;3-4H2,1-2H3;3-4H,1-2H3/b;;4-3-. The Morgan fingerprint density at radius 1 is 0.441 bits per heavy atom. The molecule has 0 N–H and O–H groups in total. The number of benzene rings is 9. The summed E-state index contributed by atoms with van der Waals surface area (Å²) in [7, 11) is 0. The third-order valence-electron chi connectivity index (χ3n) is 14.6. The highest BCUT2D eigenvalue weighted by atomic mass is 15.2. The summed E-state index contributed by atoms with van der Waals surface area (Å²) in [5.41, 5.74) is 23.0. The molecule has 0 saturated carbocycles. The van der Waals surface area contributed by atoms with Gasteiger partial charge >= 0.3 is 0 Å². The fraction of sp³-hybridized carbons (Fsp3) is 0.152. The van der Waals surface area contributed by atoms with Crippen LogP contribution in [-0.4, -0.2) is 4.40 Å². The van der Waals surface area contributed by atoms with Gasteiger partial charge in [-0.2, -0.15) is 0 Å². The molecule has 0 radical (unpaired) electrons. The van der Waals surface area contributed by atoms with Crippen LogP contribution in [0.3, 0.4) is 0 Å². The highest BCUT2D eigenvalue weighted by Gasteiger charge is 2.35. The molecule has 0 amide bonds. The molecule has 2 aliphatic rings. The van der Waals surface area contributed by atoms with Crippen molar-refractivity contribution in [3.63, 3.8) is 0 Å². The molecule has 68 heavy (non-hydrogen) atoms. The molecule has 0 atom stereocenters. The molecule has 0 fully saturated rings. The number of aromatic nitrogens is 1. The monoisotopic (exact) mass is 878 g/mol. The first kappa shape index (κ1) is 42.9. The van der Waals surface area contributed by atoms with Crippen LogP contribution in [0, 0.1) is 0 Å². The summed E-state index contributed by atoms with van der Waals surface area (Å²) in [6, 6.07) is 72.6. The Labute approximate surface area is 401 Å². The van der Waals surface area contributed by atoms with Gasteiger partial charge in [-0.3, -0.25) is 0 Å². The van der Waals surface area contributed by atoms with Crippen molar-refractivity contribution in [1.82, 2.24) is 4.40 Å². The molecule has 332 valence electrons. The zero-order valence-corrected chi connectivity index (χ0v) is 40.1. The Hall–Kier alpha value is -7.68. The van der Waals surface area contributed by atoms with Gasteiger partial charge in [0.2, 0.25) is 0 Å². The lowest BCUT2D eigenvalue weighted by Gasteiger charge is -2.27. The topological polar surface area (TPSA) is 7.65 Å². The van der Waals surface area contributed by atoms with E-state index in [1.54, 1.807) is 0 Å². The second kappa shape index (κ2) is 17.5. The summed E-state index contributed by atoms with van der Waals surface area (Å²) in [6.07, 6.45) is 7.64. The van der Waals surface area contributed by atoms with Crippen LogP contribution >= 0.6 is 0 Å². The maximum Gasteiger partial charge on any atom is 0.0782 e. The van der Waals surface area contributed by atoms with E-state index in [0.717, 1.165) is 23.5 Å². The smallest absolute Gasteiger partial charge is 0.0782 e. The lowest BCUT2D eigenvalue weighted by atomic mass is 9.82. The first-order valence-electron chi connectivity index (χ1n) is 24.5. The van der Waals surface area contributed by atoms with E-state index >= 15 is 0 Å². The molecule has 0 aliphatic heterocycles. The first-order valence-corrected chi connectivity index (χ1v) is 24.5. The van der Waals surface area contributed by atoms with Crippen molar-refractivity contribution in [2.75, 3.05) is 4.90 Å². The van der Waals surface area contributed by atoms with Crippen LogP contribution in [0.4, 0.5) is 17.1 Å². The molecule has 0 saturated heterocycles. The van der Waals surface area contributed by atoms with Crippen molar-refractivity contribution < 1.29 is 0 Å². The summed E-state index contributed by atoms with van der Waals surface area (Å²) >= 11 is 0. The molecule has 2 nitrogen and oxygen atoms in total. The molecule has 0 bridgehead atoms. The highest BCUT2D eigenvalue weighted by Crippen LogP contribution is 2.50. The van der Waals surface area contributed by atoms with Gasteiger partial charge in [0.15, 0.2) is 0 Å². The van der Waals surface area contributed by atoms with Gasteiger partial charge in [0, 0.05) is 38.3 Å². The summed E-state index contributed by atoms with van der Waals surface area (Å²) in [5.74, 6) is 0. The van der Waals surface area contributed by atoms with E-state index in [9.17, 15) is 0 Å². The zero-order valence-electron chi connectivity index (χ0n) is 40.1. The quantitative estimate of drug-likeness (QED) is 0.151. The number of rotatable bonds is 6. The van der Waals surface area contributed by atoms with Gasteiger partial charge in [-0.15, -0.1) is 0 Å². The molecule has 11 aromatic rings. The molecule has 13 rings (SSSR count). The third-order valence-corrected chi connectivity index (χ3v) is 14.6. The maximum atomic E-state index is 2.51. The third kappa shape index (κ3) is 7.01. The number of hydrogen-bond acceptors (Lipinski definition) is 1. The number of unbranched alkanes of at least 4 members (excludes halogenated alkanes) is 1. The maximum absolute atomic E-state index is 2.51.